The van der Waals surface area contributed by atoms with Crippen LogP contribution in [0.15, 0.2) is 66.7 Å². The molecule has 0 heterocycles. The Labute approximate surface area is 182 Å². The molecule has 4 rings (SSSR count). The average molecular weight is 417 g/mol. The van der Waals surface area contributed by atoms with Gasteiger partial charge in [-0.3, -0.25) is 9.59 Å². The first-order valence-corrected chi connectivity index (χ1v) is 11.0. The highest BCUT2D eigenvalue weighted by Gasteiger charge is 2.21. The molecule has 1 saturated carbocycles. The second-order valence-corrected chi connectivity index (χ2v) is 8.11. The number of amides is 2. The number of fused-ring (bicyclic) bond motifs is 1. The number of anilines is 1. The molecular formula is C26H28N2O3. The molecule has 0 aliphatic heterocycles. The van der Waals surface area contributed by atoms with Crippen LogP contribution in [0.3, 0.4) is 0 Å². The zero-order valence-electron chi connectivity index (χ0n) is 17.8. The molecule has 1 aliphatic rings. The van der Waals surface area contributed by atoms with Gasteiger partial charge in [0.05, 0.1) is 11.3 Å². The van der Waals surface area contributed by atoms with Crippen molar-refractivity contribution in [2.75, 3.05) is 5.32 Å². The predicted octanol–water partition coefficient (Wildman–Crippen LogP) is 5.31. The quantitative estimate of drug-likeness (QED) is 0.572. The molecule has 0 aromatic heterocycles. The number of carbonyl (C=O) groups excluding carboxylic acids is 2. The minimum Gasteiger partial charge on any atom is -0.481 e. The van der Waals surface area contributed by atoms with E-state index in [0.29, 0.717) is 17.0 Å². The number of hydrogen-bond donors (Lipinski definition) is 2. The SMILES string of the molecule is C[C@H](Oc1ccc2ccccc2c1)C(=O)Nc1ccccc1C(=O)NC1CCCCC1. The molecular weight excluding hydrogens is 388 g/mol. The molecule has 1 atom stereocenters. The molecule has 1 fully saturated rings. The minimum absolute atomic E-state index is 0.147. The molecule has 0 radical (unpaired) electrons. The van der Waals surface area contributed by atoms with E-state index in [0.717, 1.165) is 36.5 Å². The largest absolute Gasteiger partial charge is 0.481 e. The second kappa shape index (κ2) is 9.65. The van der Waals surface area contributed by atoms with Crippen molar-refractivity contribution in [1.29, 1.82) is 0 Å². The van der Waals surface area contributed by atoms with Crippen molar-refractivity contribution in [3.8, 4) is 5.75 Å². The number of benzene rings is 3. The molecule has 0 unspecified atom stereocenters. The zero-order chi connectivity index (χ0) is 21.6. The molecule has 5 nitrogen and oxygen atoms in total. The zero-order valence-corrected chi connectivity index (χ0v) is 17.8. The molecule has 5 heteroatoms. The lowest BCUT2D eigenvalue weighted by Gasteiger charge is -2.23. The van der Waals surface area contributed by atoms with Crippen LogP contribution in [0.1, 0.15) is 49.4 Å². The van der Waals surface area contributed by atoms with Gasteiger partial charge in [-0.05, 0) is 54.8 Å². The maximum absolute atomic E-state index is 12.8. The summed E-state index contributed by atoms with van der Waals surface area (Å²) in [5, 5.41) is 8.14. The molecule has 3 aromatic carbocycles. The summed E-state index contributed by atoms with van der Waals surface area (Å²) >= 11 is 0. The van der Waals surface area contributed by atoms with E-state index in [9.17, 15) is 9.59 Å². The Hall–Kier alpha value is -3.34. The number of para-hydroxylation sites is 1. The Morgan fingerprint density at radius 2 is 1.61 bits per heavy atom. The van der Waals surface area contributed by atoms with Crippen molar-refractivity contribution in [3.63, 3.8) is 0 Å². The first kappa shape index (κ1) is 20.9. The fourth-order valence-corrected chi connectivity index (χ4v) is 4.03. The summed E-state index contributed by atoms with van der Waals surface area (Å²) in [5.74, 6) is 0.182. The summed E-state index contributed by atoms with van der Waals surface area (Å²) < 4.78 is 5.87. The first-order valence-electron chi connectivity index (χ1n) is 11.0. The molecule has 31 heavy (non-hydrogen) atoms. The van der Waals surface area contributed by atoms with Gasteiger partial charge in [0.2, 0.25) is 0 Å². The third-order valence-corrected chi connectivity index (χ3v) is 5.77. The highest BCUT2D eigenvalue weighted by atomic mass is 16.5. The van der Waals surface area contributed by atoms with Gasteiger partial charge in [0.15, 0.2) is 6.10 Å². The van der Waals surface area contributed by atoms with E-state index in [1.165, 1.54) is 6.42 Å². The van der Waals surface area contributed by atoms with E-state index in [1.807, 2.05) is 48.5 Å². The molecule has 0 spiro atoms. The van der Waals surface area contributed by atoms with E-state index in [2.05, 4.69) is 10.6 Å². The summed E-state index contributed by atoms with van der Waals surface area (Å²) in [6, 6.07) is 21.1. The number of carbonyl (C=O) groups is 2. The van der Waals surface area contributed by atoms with Crippen molar-refractivity contribution in [2.45, 2.75) is 51.2 Å². The van der Waals surface area contributed by atoms with Gasteiger partial charge in [-0.25, -0.2) is 0 Å². The number of ether oxygens (including phenoxy) is 1. The maximum Gasteiger partial charge on any atom is 0.265 e. The van der Waals surface area contributed by atoms with Crippen molar-refractivity contribution in [1.82, 2.24) is 5.32 Å². The minimum atomic E-state index is -0.712. The van der Waals surface area contributed by atoms with Crippen LogP contribution < -0.4 is 15.4 Å². The van der Waals surface area contributed by atoms with Gasteiger partial charge < -0.3 is 15.4 Å². The predicted molar refractivity (Wildman–Crippen MR) is 123 cm³/mol. The van der Waals surface area contributed by atoms with Gasteiger partial charge in [-0.2, -0.15) is 0 Å². The molecule has 160 valence electrons. The molecule has 0 bridgehead atoms. The number of hydrogen-bond acceptors (Lipinski definition) is 3. The Kier molecular flexibility index (Phi) is 6.51. The summed E-state index contributed by atoms with van der Waals surface area (Å²) in [7, 11) is 0. The van der Waals surface area contributed by atoms with E-state index in [-0.39, 0.29) is 17.9 Å². The third-order valence-electron chi connectivity index (χ3n) is 5.77. The summed E-state index contributed by atoms with van der Waals surface area (Å²) in [4.78, 5) is 25.6. The third kappa shape index (κ3) is 5.23. The fraction of sp³-hybridized carbons (Fsp3) is 0.308. The van der Waals surface area contributed by atoms with Crippen LogP contribution in [0.2, 0.25) is 0 Å². The van der Waals surface area contributed by atoms with Crippen LogP contribution in [-0.4, -0.2) is 24.0 Å². The highest BCUT2D eigenvalue weighted by molar-refractivity contribution is 6.04. The van der Waals surface area contributed by atoms with Gasteiger partial charge in [-0.1, -0.05) is 61.7 Å². The van der Waals surface area contributed by atoms with E-state index >= 15 is 0 Å². The lowest BCUT2D eigenvalue weighted by molar-refractivity contribution is -0.122. The van der Waals surface area contributed by atoms with Crippen molar-refractivity contribution in [2.24, 2.45) is 0 Å². The van der Waals surface area contributed by atoms with Crippen LogP contribution >= 0.6 is 0 Å². The standard InChI is InChI=1S/C26H28N2O3/c1-18(31-22-16-15-19-9-5-6-10-20(19)17-22)25(29)28-24-14-8-7-13-23(24)26(30)27-21-11-3-2-4-12-21/h5-10,13-18,21H,2-4,11-12H2,1H3,(H,27,30)(H,28,29)/t18-/m0/s1. The fourth-order valence-electron chi connectivity index (χ4n) is 4.03. The summed E-state index contributed by atoms with van der Waals surface area (Å²) in [5.41, 5.74) is 0.967. The number of nitrogens with one attached hydrogen (secondary N) is 2. The van der Waals surface area contributed by atoms with Crippen LogP contribution in [0.25, 0.3) is 10.8 Å². The lowest BCUT2D eigenvalue weighted by atomic mass is 9.95. The van der Waals surface area contributed by atoms with Gasteiger partial charge in [0.1, 0.15) is 5.75 Å². The van der Waals surface area contributed by atoms with Crippen LogP contribution in [0, 0.1) is 0 Å². The Bertz CT molecular complexity index is 1070. The van der Waals surface area contributed by atoms with Gasteiger partial charge >= 0.3 is 0 Å². The molecule has 1 aliphatic carbocycles. The number of rotatable bonds is 6. The van der Waals surface area contributed by atoms with Crippen LogP contribution in [0.5, 0.6) is 5.75 Å². The smallest absolute Gasteiger partial charge is 0.265 e. The molecule has 3 aromatic rings. The van der Waals surface area contributed by atoms with Crippen LogP contribution in [-0.2, 0) is 4.79 Å². The van der Waals surface area contributed by atoms with Crippen molar-refractivity contribution in [3.05, 3.63) is 72.3 Å². The highest BCUT2D eigenvalue weighted by Crippen LogP contribution is 2.23. The maximum atomic E-state index is 12.8. The van der Waals surface area contributed by atoms with E-state index in [1.54, 1.807) is 25.1 Å². The van der Waals surface area contributed by atoms with Gasteiger partial charge in [0, 0.05) is 6.04 Å². The van der Waals surface area contributed by atoms with Crippen molar-refractivity contribution < 1.29 is 14.3 Å². The van der Waals surface area contributed by atoms with E-state index in [4.69, 9.17) is 4.74 Å². The average Bonchev–Trinajstić information content (AvgIpc) is 2.80. The topological polar surface area (TPSA) is 67.4 Å². The summed E-state index contributed by atoms with van der Waals surface area (Å²) in [6.07, 6.45) is 4.83. The molecule has 0 saturated heterocycles. The molecule has 2 amide bonds. The first-order chi connectivity index (χ1) is 15.1. The van der Waals surface area contributed by atoms with E-state index < -0.39 is 6.10 Å². The normalized spacial score (nSPS) is 15.3. The van der Waals surface area contributed by atoms with Gasteiger partial charge in [0.25, 0.3) is 11.8 Å². The lowest BCUT2D eigenvalue weighted by Crippen LogP contribution is -2.37. The monoisotopic (exact) mass is 416 g/mol. The van der Waals surface area contributed by atoms with Crippen molar-refractivity contribution >= 4 is 28.3 Å². The Morgan fingerprint density at radius 3 is 2.42 bits per heavy atom. The molecule has 2 N–H and O–H groups in total. The summed E-state index contributed by atoms with van der Waals surface area (Å²) in [6.45, 7) is 1.70. The second-order valence-electron chi connectivity index (χ2n) is 8.11. The van der Waals surface area contributed by atoms with Gasteiger partial charge in [-0.15, -0.1) is 0 Å². The van der Waals surface area contributed by atoms with Crippen LogP contribution in [0.4, 0.5) is 5.69 Å². The Balaban J connectivity index is 1.42. The Morgan fingerprint density at radius 1 is 0.903 bits per heavy atom.